The fraction of sp³-hybridized carbons (Fsp3) is 0.632. The lowest BCUT2D eigenvalue weighted by atomic mass is 9.89. The highest BCUT2D eigenvalue weighted by Crippen LogP contribution is 2.30. The number of aliphatic hydroxyl groups excluding tert-OH is 1. The summed E-state index contributed by atoms with van der Waals surface area (Å²) in [6.07, 6.45) is 3.05. The third kappa shape index (κ3) is 3.93. The molecule has 0 aromatic heterocycles. The minimum atomic E-state index is -0.841. The molecule has 2 fully saturated rings. The molecule has 2 atom stereocenters. The molecule has 1 aliphatic carbocycles. The van der Waals surface area contributed by atoms with Gasteiger partial charge in [0.05, 0.1) is 0 Å². The van der Waals surface area contributed by atoms with Crippen molar-refractivity contribution in [2.75, 3.05) is 13.1 Å². The van der Waals surface area contributed by atoms with Crippen LogP contribution >= 0.6 is 0 Å². The predicted molar refractivity (Wildman–Crippen MR) is 91.1 cm³/mol. The van der Waals surface area contributed by atoms with Crippen molar-refractivity contribution in [1.82, 2.24) is 10.2 Å². The Hall–Kier alpha value is -1.39. The molecule has 1 aromatic rings. The normalized spacial score (nSPS) is 22.6. The van der Waals surface area contributed by atoms with E-state index in [1.807, 2.05) is 0 Å². The zero-order valence-electron chi connectivity index (χ0n) is 14.2. The molecule has 4 nitrogen and oxygen atoms in total. The summed E-state index contributed by atoms with van der Waals surface area (Å²) in [6, 6.07) is 9.23. The van der Waals surface area contributed by atoms with Crippen LogP contribution in [0.15, 0.2) is 24.3 Å². The van der Waals surface area contributed by atoms with Crippen LogP contribution in [0.4, 0.5) is 0 Å². The molecule has 1 aromatic carbocycles. The maximum absolute atomic E-state index is 12.0. The number of amides is 1. The summed E-state index contributed by atoms with van der Waals surface area (Å²) in [5.74, 6) is -0.0769. The standard InChI is InChI=1S/C19H28N2O2/c1-13-5-3-4-6-17(13)14(2)21-11-9-15(10-12-21)18(22)19(23)20-16-7-8-16/h3-6,14-16,18,22H,7-12H2,1-2H3,(H,20,23)/t14-,18-/m0/s1. The van der Waals surface area contributed by atoms with Crippen molar-refractivity contribution in [3.63, 3.8) is 0 Å². The summed E-state index contributed by atoms with van der Waals surface area (Å²) < 4.78 is 0. The van der Waals surface area contributed by atoms with Gasteiger partial charge in [0.15, 0.2) is 0 Å². The molecule has 2 N–H and O–H groups in total. The number of hydrogen-bond acceptors (Lipinski definition) is 3. The number of piperidine rings is 1. The fourth-order valence-electron chi connectivity index (χ4n) is 3.60. The Morgan fingerprint density at radius 1 is 1.22 bits per heavy atom. The van der Waals surface area contributed by atoms with Gasteiger partial charge in [-0.2, -0.15) is 0 Å². The first-order valence-electron chi connectivity index (χ1n) is 8.84. The topological polar surface area (TPSA) is 52.6 Å². The molecule has 1 amide bonds. The summed E-state index contributed by atoms with van der Waals surface area (Å²) in [6.45, 7) is 6.28. The number of aliphatic hydroxyl groups is 1. The number of hydrogen-bond donors (Lipinski definition) is 2. The molecule has 126 valence electrons. The Labute approximate surface area is 138 Å². The Morgan fingerprint density at radius 2 is 1.87 bits per heavy atom. The maximum Gasteiger partial charge on any atom is 0.249 e. The molecule has 2 aliphatic rings. The van der Waals surface area contributed by atoms with E-state index in [0.717, 1.165) is 38.8 Å². The van der Waals surface area contributed by atoms with Crippen molar-refractivity contribution in [2.24, 2.45) is 5.92 Å². The molecule has 1 heterocycles. The SMILES string of the molecule is Cc1ccccc1[C@H](C)N1CCC([C@H](O)C(=O)NC2CC2)CC1. The van der Waals surface area contributed by atoms with E-state index in [-0.39, 0.29) is 11.8 Å². The molecule has 4 heteroatoms. The van der Waals surface area contributed by atoms with Crippen LogP contribution < -0.4 is 5.32 Å². The zero-order chi connectivity index (χ0) is 16.4. The minimum absolute atomic E-state index is 0.0917. The summed E-state index contributed by atoms with van der Waals surface area (Å²) in [5, 5.41) is 13.2. The monoisotopic (exact) mass is 316 g/mol. The molecule has 3 rings (SSSR count). The Balaban J connectivity index is 1.53. The number of benzene rings is 1. The van der Waals surface area contributed by atoms with Crippen molar-refractivity contribution in [3.8, 4) is 0 Å². The second-order valence-electron chi connectivity index (χ2n) is 7.13. The highest BCUT2D eigenvalue weighted by molar-refractivity contribution is 5.81. The van der Waals surface area contributed by atoms with E-state index in [1.165, 1.54) is 11.1 Å². The Morgan fingerprint density at radius 3 is 2.48 bits per heavy atom. The summed E-state index contributed by atoms with van der Waals surface area (Å²) in [5.41, 5.74) is 2.70. The van der Waals surface area contributed by atoms with Gasteiger partial charge < -0.3 is 10.4 Å². The Kier molecular flexibility index (Phi) is 5.02. The smallest absolute Gasteiger partial charge is 0.249 e. The first kappa shape index (κ1) is 16.5. The van der Waals surface area contributed by atoms with E-state index in [1.54, 1.807) is 0 Å². The molecule has 1 saturated heterocycles. The van der Waals surface area contributed by atoms with Crippen molar-refractivity contribution in [1.29, 1.82) is 0 Å². The predicted octanol–water partition coefficient (Wildman–Crippen LogP) is 2.41. The van der Waals surface area contributed by atoms with Crippen molar-refractivity contribution < 1.29 is 9.90 Å². The Bertz CT molecular complexity index is 548. The molecule has 0 spiro atoms. The van der Waals surface area contributed by atoms with Crippen LogP contribution in [0.2, 0.25) is 0 Å². The molecule has 0 radical (unpaired) electrons. The molecular formula is C19H28N2O2. The van der Waals surface area contributed by atoms with Crippen molar-refractivity contribution >= 4 is 5.91 Å². The van der Waals surface area contributed by atoms with Crippen LogP contribution in [0.25, 0.3) is 0 Å². The third-order valence-corrected chi connectivity index (χ3v) is 5.40. The van der Waals surface area contributed by atoms with Gasteiger partial charge in [-0.25, -0.2) is 0 Å². The second-order valence-corrected chi connectivity index (χ2v) is 7.13. The van der Waals surface area contributed by atoms with E-state index in [0.29, 0.717) is 12.1 Å². The number of likely N-dealkylation sites (tertiary alicyclic amines) is 1. The van der Waals surface area contributed by atoms with Crippen molar-refractivity contribution in [2.45, 2.75) is 57.7 Å². The van der Waals surface area contributed by atoms with Gasteiger partial charge in [0.1, 0.15) is 6.10 Å². The first-order valence-corrected chi connectivity index (χ1v) is 8.84. The number of carbonyl (C=O) groups is 1. The summed E-state index contributed by atoms with van der Waals surface area (Å²) >= 11 is 0. The number of nitrogens with zero attached hydrogens (tertiary/aromatic N) is 1. The maximum atomic E-state index is 12.0. The van der Waals surface area contributed by atoms with E-state index in [4.69, 9.17) is 0 Å². The largest absolute Gasteiger partial charge is 0.383 e. The van der Waals surface area contributed by atoms with Gasteiger partial charge in [0.2, 0.25) is 5.91 Å². The van der Waals surface area contributed by atoms with E-state index in [2.05, 4.69) is 48.3 Å². The molecule has 1 aliphatic heterocycles. The van der Waals surface area contributed by atoms with Crippen LogP contribution in [-0.4, -0.2) is 41.1 Å². The van der Waals surface area contributed by atoms with E-state index >= 15 is 0 Å². The highest BCUT2D eigenvalue weighted by Gasteiger charge is 2.34. The van der Waals surface area contributed by atoms with Gasteiger partial charge in [-0.15, -0.1) is 0 Å². The van der Waals surface area contributed by atoms with Gasteiger partial charge >= 0.3 is 0 Å². The number of aryl methyl sites for hydroxylation is 1. The lowest BCUT2D eigenvalue weighted by Gasteiger charge is -2.37. The van der Waals surface area contributed by atoms with Crippen LogP contribution in [0.5, 0.6) is 0 Å². The van der Waals surface area contributed by atoms with Gasteiger partial charge in [0, 0.05) is 12.1 Å². The number of rotatable bonds is 5. The van der Waals surface area contributed by atoms with Gasteiger partial charge in [0.25, 0.3) is 0 Å². The summed E-state index contributed by atoms with van der Waals surface area (Å²) in [7, 11) is 0. The van der Waals surface area contributed by atoms with Crippen molar-refractivity contribution in [3.05, 3.63) is 35.4 Å². The van der Waals surface area contributed by atoms with Gasteiger partial charge in [-0.1, -0.05) is 24.3 Å². The quantitative estimate of drug-likeness (QED) is 0.877. The zero-order valence-corrected chi connectivity index (χ0v) is 14.2. The lowest BCUT2D eigenvalue weighted by Crippen LogP contribution is -2.45. The third-order valence-electron chi connectivity index (χ3n) is 5.40. The fourth-order valence-corrected chi connectivity index (χ4v) is 3.60. The molecule has 23 heavy (non-hydrogen) atoms. The molecule has 1 saturated carbocycles. The number of carbonyl (C=O) groups excluding carboxylic acids is 1. The highest BCUT2D eigenvalue weighted by atomic mass is 16.3. The van der Waals surface area contributed by atoms with Crippen LogP contribution in [0.3, 0.4) is 0 Å². The van der Waals surface area contributed by atoms with Gasteiger partial charge in [-0.05, 0) is 69.7 Å². The van der Waals surface area contributed by atoms with E-state index < -0.39 is 6.10 Å². The number of nitrogens with one attached hydrogen (secondary N) is 1. The van der Waals surface area contributed by atoms with Crippen LogP contribution in [0, 0.1) is 12.8 Å². The second kappa shape index (κ2) is 7.02. The molecule has 0 bridgehead atoms. The minimum Gasteiger partial charge on any atom is -0.383 e. The lowest BCUT2D eigenvalue weighted by molar-refractivity contribution is -0.133. The average Bonchev–Trinajstić information content (AvgIpc) is 3.38. The molecular weight excluding hydrogens is 288 g/mol. The summed E-state index contributed by atoms with van der Waals surface area (Å²) in [4.78, 5) is 14.5. The first-order chi connectivity index (χ1) is 11.1. The van der Waals surface area contributed by atoms with Gasteiger partial charge in [-0.3, -0.25) is 9.69 Å². The molecule has 0 unspecified atom stereocenters. The van der Waals surface area contributed by atoms with Crippen LogP contribution in [0.1, 0.15) is 49.8 Å². The van der Waals surface area contributed by atoms with Crippen LogP contribution in [-0.2, 0) is 4.79 Å². The van der Waals surface area contributed by atoms with E-state index in [9.17, 15) is 9.90 Å². The average molecular weight is 316 g/mol.